The molecule has 0 unspecified atom stereocenters. The number of rotatable bonds is 3. The smallest absolute Gasteiger partial charge is 0.409 e. The van der Waals surface area contributed by atoms with Crippen molar-refractivity contribution >= 4 is 17.3 Å². The Morgan fingerprint density at radius 3 is 2.81 bits per heavy atom. The van der Waals surface area contributed by atoms with Crippen LogP contribution < -0.4 is 20.9 Å². The third-order valence-electron chi connectivity index (χ3n) is 2.63. The number of nitrogens with two attached hydrogens (primary N) is 1. The fraction of sp³-hybridized carbons (Fsp3) is 0. The molecule has 0 radical (unpaired) electrons. The van der Waals surface area contributed by atoms with Crippen LogP contribution in [0.25, 0.3) is 11.2 Å². The van der Waals surface area contributed by atoms with Crippen LogP contribution in [0.3, 0.4) is 0 Å². The number of benzene rings is 1. The SMILES string of the molecule is NC(=O)Oc1cccc(Oc2ccnc3[nH]c(=O)[nH]c23)c1. The number of carbonyl (C=O) groups excluding carboxylic acids is 1. The second kappa shape index (κ2) is 5.00. The van der Waals surface area contributed by atoms with E-state index >= 15 is 0 Å². The molecule has 1 amide bonds. The Kier molecular flexibility index (Phi) is 3.03. The van der Waals surface area contributed by atoms with Crippen LogP contribution in [0.2, 0.25) is 0 Å². The Morgan fingerprint density at radius 2 is 2.00 bits per heavy atom. The number of amides is 1. The molecule has 2 aromatic heterocycles. The molecule has 0 atom stereocenters. The van der Waals surface area contributed by atoms with Gasteiger partial charge < -0.3 is 20.2 Å². The maximum atomic E-state index is 11.3. The summed E-state index contributed by atoms with van der Waals surface area (Å²) in [5, 5.41) is 0. The molecule has 3 aromatic rings. The fourth-order valence-corrected chi connectivity index (χ4v) is 1.84. The summed E-state index contributed by atoms with van der Waals surface area (Å²) in [5.41, 5.74) is 5.41. The molecule has 2 heterocycles. The van der Waals surface area contributed by atoms with Crippen molar-refractivity contribution in [3.05, 3.63) is 47.0 Å². The van der Waals surface area contributed by atoms with Crippen molar-refractivity contribution in [1.82, 2.24) is 15.0 Å². The molecule has 0 aliphatic heterocycles. The Morgan fingerprint density at radius 1 is 1.19 bits per heavy atom. The van der Waals surface area contributed by atoms with Crippen molar-refractivity contribution < 1.29 is 14.3 Å². The molecule has 3 rings (SSSR count). The molecule has 106 valence electrons. The zero-order chi connectivity index (χ0) is 14.8. The zero-order valence-electron chi connectivity index (χ0n) is 10.6. The Hall–Kier alpha value is -3.29. The van der Waals surface area contributed by atoms with E-state index in [4.69, 9.17) is 15.2 Å². The van der Waals surface area contributed by atoms with Crippen LogP contribution in [-0.2, 0) is 0 Å². The van der Waals surface area contributed by atoms with E-state index in [0.717, 1.165) is 0 Å². The largest absolute Gasteiger partial charge is 0.455 e. The van der Waals surface area contributed by atoms with E-state index in [2.05, 4.69) is 15.0 Å². The van der Waals surface area contributed by atoms with E-state index in [1.54, 1.807) is 24.3 Å². The van der Waals surface area contributed by atoms with Gasteiger partial charge in [-0.3, -0.25) is 4.98 Å². The average molecular weight is 286 g/mol. The number of primary amides is 1. The highest BCUT2D eigenvalue weighted by Crippen LogP contribution is 2.28. The van der Waals surface area contributed by atoms with Crippen molar-refractivity contribution in [1.29, 1.82) is 0 Å². The summed E-state index contributed by atoms with van der Waals surface area (Å²) in [5.74, 6) is 1.09. The van der Waals surface area contributed by atoms with E-state index in [1.807, 2.05) is 0 Å². The summed E-state index contributed by atoms with van der Waals surface area (Å²) in [6.07, 6.45) is 0.596. The maximum absolute atomic E-state index is 11.3. The number of nitrogens with one attached hydrogen (secondary N) is 2. The molecule has 0 saturated carbocycles. The molecule has 8 heteroatoms. The predicted molar refractivity (Wildman–Crippen MR) is 73.4 cm³/mol. The van der Waals surface area contributed by atoms with Gasteiger partial charge in [-0.15, -0.1) is 0 Å². The van der Waals surface area contributed by atoms with Gasteiger partial charge in [-0.05, 0) is 12.1 Å². The number of nitrogens with zero attached hydrogens (tertiary/aromatic N) is 1. The predicted octanol–water partition coefficient (Wildman–Crippen LogP) is 1.50. The third kappa shape index (κ3) is 2.68. The van der Waals surface area contributed by atoms with Crippen molar-refractivity contribution in [3.63, 3.8) is 0 Å². The second-order valence-electron chi connectivity index (χ2n) is 4.11. The van der Waals surface area contributed by atoms with Gasteiger partial charge in [0.2, 0.25) is 0 Å². The Balaban J connectivity index is 1.95. The lowest BCUT2D eigenvalue weighted by atomic mass is 10.3. The summed E-state index contributed by atoms with van der Waals surface area (Å²) < 4.78 is 10.4. The summed E-state index contributed by atoms with van der Waals surface area (Å²) in [4.78, 5) is 31.1. The summed E-state index contributed by atoms with van der Waals surface area (Å²) in [7, 11) is 0. The lowest BCUT2D eigenvalue weighted by Crippen LogP contribution is -2.16. The van der Waals surface area contributed by atoms with Gasteiger partial charge in [-0.25, -0.2) is 14.6 Å². The standard InChI is InChI=1S/C13H10N4O4/c14-12(18)21-8-3-1-2-7(6-8)20-9-4-5-15-11-10(9)16-13(19)17-11/h1-6H,(H2,14,18)(H2,15,16,17,19). The highest BCUT2D eigenvalue weighted by Gasteiger charge is 2.08. The van der Waals surface area contributed by atoms with Gasteiger partial charge in [-0.1, -0.05) is 6.07 Å². The van der Waals surface area contributed by atoms with E-state index < -0.39 is 6.09 Å². The van der Waals surface area contributed by atoms with Crippen LogP contribution in [-0.4, -0.2) is 21.0 Å². The summed E-state index contributed by atoms with van der Waals surface area (Å²) >= 11 is 0. The molecule has 4 N–H and O–H groups in total. The van der Waals surface area contributed by atoms with Crippen LogP contribution in [0, 0.1) is 0 Å². The number of hydrogen-bond acceptors (Lipinski definition) is 5. The van der Waals surface area contributed by atoms with Crippen molar-refractivity contribution in [2.45, 2.75) is 0 Å². The van der Waals surface area contributed by atoms with Gasteiger partial charge in [0.1, 0.15) is 17.0 Å². The van der Waals surface area contributed by atoms with Gasteiger partial charge in [-0.2, -0.15) is 0 Å². The molecule has 0 aliphatic carbocycles. The first-order chi connectivity index (χ1) is 10.1. The van der Waals surface area contributed by atoms with Gasteiger partial charge in [0.05, 0.1) is 0 Å². The van der Waals surface area contributed by atoms with Crippen LogP contribution in [0.1, 0.15) is 0 Å². The molecule has 0 spiro atoms. The van der Waals surface area contributed by atoms with Gasteiger partial charge in [0, 0.05) is 18.3 Å². The molecule has 21 heavy (non-hydrogen) atoms. The quantitative estimate of drug-likeness (QED) is 0.673. The van der Waals surface area contributed by atoms with Gasteiger partial charge in [0.15, 0.2) is 11.4 Å². The lowest BCUT2D eigenvalue weighted by molar-refractivity contribution is 0.211. The normalized spacial score (nSPS) is 10.5. The average Bonchev–Trinajstić information content (AvgIpc) is 2.80. The number of pyridine rings is 1. The van der Waals surface area contributed by atoms with E-state index in [0.29, 0.717) is 22.7 Å². The van der Waals surface area contributed by atoms with Crippen LogP contribution in [0.4, 0.5) is 4.79 Å². The maximum Gasteiger partial charge on any atom is 0.409 e. The van der Waals surface area contributed by atoms with Crippen molar-refractivity contribution in [2.24, 2.45) is 5.73 Å². The molecule has 0 aliphatic rings. The van der Waals surface area contributed by atoms with E-state index in [1.165, 1.54) is 12.3 Å². The number of ether oxygens (including phenoxy) is 2. The van der Waals surface area contributed by atoms with Gasteiger partial charge >= 0.3 is 11.8 Å². The summed E-state index contributed by atoms with van der Waals surface area (Å²) in [6, 6.07) is 7.99. The highest BCUT2D eigenvalue weighted by molar-refractivity contribution is 5.77. The minimum Gasteiger partial charge on any atom is -0.455 e. The molecule has 0 bridgehead atoms. The van der Waals surface area contributed by atoms with Gasteiger partial charge in [0.25, 0.3) is 0 Å². The first-order valence-electron chi connectivity index (χ1n) is 5.94. The monoisotopic (exact) mass is 286 g/mol. The third-order valence-corrected chi connectivity index (χ3v) is 2.63. The van der Waals surface area contributed by atoms with Crippen LogP contribution in [0.15, 0.2) is 41.3 Å². The number of H-pyrrole nitrogens is 2. The Labute approximate surface area is 117 Å². The minimum atomic E-state index is -0.909. The minimum absolute atomic E-state index is 0.257. The number of hydrogen-bond donors (Lipinski definition) is 3. The summed E-state index contributed by atoms with van der Waals surface area (Å²) in [6.45, 7) is 0. The molecular weight excluding hydrogens is 276 g/mol. The molecule has 8 nitrogen and oxygen atoms in total. The number of imidazole rings is 1. The highest BCUT2D eigenvalue weighted by atomic mass is 16.5. The lowest BCUT2D eigenvalue weighted by Gasteiger charge is -2.07. The van der Waals surface area contributed by atoms with Crippen molar-refractivity contribution in [3.8, 4) is 17.2 Å². The number of aromatic amines is 2. The fourth-order valence-electron chi connectivity index (χ4n) is 1.84. The number of fused-ring (bicyclic) bond motifs is 1. The first-order valence-corrected chi connectivity index (χ1v) is 5.94. The van der Waals surface area contributed by atoms with Crippen molar-refractivity contribution in [2.75, 3.05) is 0 Å². The molecular formula is C13H10N4O4. The van der Waals surface area contributed by atoms with Crippen LogP contribution in [0.5, 0.6) is 17.2 Å². The Bertz CT molecular complexity index is 868. The zero-order valence-corrected chi connectivity index (χ0v) is 10.6. The van der Waals surface area contributed by atoms with Crippen LogP contribution >= 0.6 is 0 Å². The second-order valence-corrected chi connectivity index (χ2v) is 4.11. The number of aromatic nitrogens is 3. The topological polar surface area (TPSA) is 123 Å². The number of carbonyl (C=O) groups is 1. The molecule has 0 saturated heterocycles. The van der Waals surface area contributed by atoms with E-state index in [-0.39, 0.29) is 11.4 Å². The first kappa shape index (κ1) is 12.7. The van der Waals surface area contributed by atoms with E-state index in [9.17, 15) is 9.59 Å². The molecule has 1 aromatic carbocycles. The molecule has 0 fully saturated rings.